The molecule has 78 heavy (non-hydrogen) atoms. The number of aliphatic hydroxyl groups is 14. The first-order valence-corrected chi connectivity index (χ1v) is 24.7. The number of nitro benzene ring substituents is 1. The smallest absolute Gasteiger partial charge is 0.269 e. The second-order valence-corrected chi connectivity index (χ2v) is 18.7. The summed E-state index contributed by atoms with van der Waals surface area (Å²) in [7, 11) is 0. The molecule has 4 saturated heterocycles. The van der Waals surface area contributed by atoms with Gasteiger partial charge < -0.3 is 121 Å². The number of anilines is 1. The van der Waals surface area contributed by atoms with Gasteiger partial charge in [-0.1, -0.05) is 0 Å². The maximum atomic E-state index is 13.9. The van der Waals surface area contributed by atoms with E-state index in [0.29, 0.717) is 23.6 Å². The highest BCUT2D eigenvalue weighted by molar-refractivity contribution is 6.00. The van der Waals surface area contributed by atoms with Crippen molar-refractivity contribution in [2.75, 3.05) is 50.8 Å². The fourth-order valence-electron chi connectivity index (χ4n) is 8.84. The van der Waals surface area contributed by atoms with E-state index in [1.165, 1.54) is 24.3 Å². The number of nitrogens with one attached hydrogen (secondary N) is 3. The average Bonchev–Trinajstić information content (AvgIpc) is 3.54. The third kappa shape index (κ3) is 15.2. The average molecular weight is 1120 g/mol. The fraction of sp³-hybridized carbons (Fsp3) is 0.674. The molecular weight excluding hydrogens is 1050 g/mol. The van der Waals surface area contributed by atoms with Crippen LogP contribution in [0, 0.1) is 16.0 Å². The molecule has 2 aromatic carbocycles. The van der Waals surface area contributed by atoms with Crippen molar-refractivity contribution in [2.45, 2.75) is 143 Å². The van der Waals surface area contributed by atoms with Crippen LogP contribution in [0.3, 0.4) is 0 Å². The molecule has 0 spiro atoms. The number of aliphatic hydroxyl groups excluding tert-OH is 14. The Morgan fingerprint density at radius 2 is 1.04 bits per heavy atom. The van der Waals surface area contributed by atoms with Crippen molar-refractivity contribution < 1.29 is 119 Å². The molecule has 2 unspecified atom stereocenters. The predicted molar refractivity (Wildman–Crippen MR) is 256 cm³/mol. The molecule has 21 atom stereocenters. The van der Waals surface area contributed by atoms with Crippen LogP contribution in [-0.4, -0.2) is 263 Å². The van der Waals surface area contributed by atoms with E-state index in [0.717, 1.165) is 0 Å². The van der Waals surface area contributed by atoms with Gasteiger partial charge in [-0.15, -0.1) is 0 Å². The van der Waals surface area contributed by atoms with Crippen molar-refractivity contribution >= 4 is 40.5 Å². The monoisotopic (exact) mass is 1120 g/mol. The van der Waals surface area contributed by atoms with Crippen molar-refractivity contribution in [2.24, 2.45) is 16.1 Å². The number of nitro groups is 1. The number of hydrogen-bond donors (Lipinski definition) is 17. The molecule has 0 bridgehead atoms. The Morgan fingerprint density at radius 3 is 1.45 bits per heavy atom. The van der Waals surface area contributed by atoms with E-state index in [1.54, 1.807) is 24.3 Å². The van der Waals surface area contributed by atoms with Gasteiger partial charge in [-0.3, -0.25) is 24.5 Å². The van der Waals surface area contributed by atoms with E-state index in [9.17, 15) is 96.0 Å². The van der Waals surface area contributed by atoms with Crippen LogP contribution in [0.2, 0.25) is 0 Å². The van der Waals surface area contributed by atoms with Crippen LogP contribution in [0.5, 0.6) is 0 Å². The van der Waals surface area contributed by atoms with Crippen LogP contribution in [0.25, 0.3) is 0 Å². The standard InChI is InChI=1S/C46H67N7O25/c1-2-52(21-7-3-19(4-8-21)50-51-20-5-9-22(10-6-20)53(71)72)14-12-28(56)47-13-11-23(41(67)48-15-24-29(57)31(59)37(65)45(75-24)77-39-26(17-54)73-43(69)35(63)33(39)61)42(68)49-16-25-30(58)32(60)38(66)46(76-25)78-40-27(18-55)74-44(70)36(64)34(40)62/h3-10,23-27,29-40,43-46,54-55,57-66,69-70H,2,11-18H2,1H3,(H,47,56)(H,48,67)(H,49,68)/t23?,24-,25-,26-,27-,29+,30+,31+,32+,33-,34-,35-,36-,37-,38-,39-,40-,43-,44?,45+,46+/m1/s1. The largest absolute Gasteiger partial charge is 0.394 e. The summed E-state index contributed by atoms with van der Waals surface area (Å²) >= 11 is 0. The maximum absolute atomic E-state index is 13.9. The quantitative estimate of drug-likeness (QED) is 0.0213. The minimum Gasteiger partial charge on any atom is -0.394 e. The van der Waals surface area contributed by atoms with Crippen molar-refractivity contribution in [3.05, 3.63) is 58.6 Å². The number of hydrogen-bond acceptors (Lipinski definition) is 28. The zero-order valence-corrected chi connectivity index (χ0v) is 41.6. The molecule has 6 rings (SSSR count). The van der Waals surface area contributed by atoms with Gasteiger partial charge in [0.25, 0.3) is 5.69 Å². The van der Waals surface area contributed by atoms with Crippen LogP contribution < -0.4 is 20.9 Å². The summed E-state index contributed by atoms with van der Waals surface area (Å²) in [5, 5.41) is 172. The van der Waals surface area contributed by atoms with Crippen molar-refractivity contribution in [1.82, 2.24) is 16.0 Å². The molecule has 4 fully saturated rings. The van der Waals surface area contributed by atoms with Gasteiger partial charge in [-0.05, 0) is 49.7 Å². The molecule has 2 aromatic rings. The topological polar surface area (TPSA) is 497 Å². The van der Waals surface area contributed by atoms with Gasteiger partial charge in [0, 0.05) is 57.0 Å². The molecular formula is C46H67N7O25. The number of rotatable bonds is 23. The summed E-state index contributed by atoms with van der Waals surface area (Å²) < 4.78 is 32.5. The molecule has 3 amide bonds. The Hall–Kier alpha value is -5.15. The van der Waals surface area contributed by atoms with Gasteiger partial charge in [-0.25, -0.2) is 0 Å². The van der Waals surface area contributed by atoms with Gasteiger partial charge in [0.05, 0.1) is 29.5 Å². The van der Waals surface area contributed by atoms with E-state index < -0.39 is 184 Å². The van der Waals surface area contributed by atoms with Gasteiger partial charge in [-0.2, -0.15) is 10.2 Å². The number of carbonyl (C=O) groups excluding carboxylic acids is 3. The van der Waals surface area contributed by atoms with Gasteiger partial charge in [0.15, 0.2) is 25.2 Å². The van der Waals surface area contributed by atoms with E-state index in [-0.39, 0.29) is 25.2 Å². The van der Waals surface area contributed by atoms with E-state index >= 15 is 0 Å². The third-order valence-electron chi connectivity index (χ3n) is 13.5. The summed E-state index contributed by atoms with van der Waals surface area (Å²) in [6, 6.07) is 12.3. The minimum absolute atomic E-state index is 0.0770. The molecule has 0 aliphatic carbocycles. The molecule has 32 nitrogen and oxygen atoms in total. The highest BCUT2D eigenvalue weighted by atomic mass is 16.7. The van der Waals surface area contributed by atoms with Crippen LogP contribution in [0.15, 0.2) is 58.8 Å². The Balaban J connectivity index is 1.10. The first-order valence-electron chi connectivity index (χ1n) is 24.7. The Labute approximate surface area is 443 Å². The van der Waals surface area contributed by atoms with Gasteiger partial charge in [0.1, 0.15) is 104 Å². The van der Waals surface area contributed by atoms with Crippen molar-refractivity contribution in [3.63, 3.8) is 0 Å². The third-order valence-corrected chi connectivity index (χ3v) is 13.5. The minimum atomic E-state index is -2.04. The molecule has 0 saturated carbocycles. The zero-order valence-electron chi connectivity index (χ0n) is 41.6. The number of ether oxygens (including phenoxy) is 6. The summed E-state index contributed by atoms with van der Waals surface area (Å²) in [6.07, 6.45) is -37.6. The number of carbonyl (C=O) groups is 3. The molecule has 4 aliphatic rings. The lowest BCUT2D eigenvalue weighted by Gasteiger charge is -2.45. The van der Waals surface area contributed by atoms with Gasteiger partial charge >= 0.3 is 0 Å². The molecule has 4 heterocycles. The van der Waals surface area contributed by atoms with Crippen molar-refractivity contribution in [3.8, 4) is 0 Å². The van der Waals surface area contributed by atoms with E-state index in [2.05, 4.69) is 26.2 Å². The van der Waals surface area contributed by atoms with Crippen molar-refractivity contribution in [1.29, 1.82) is 0 Å². The second kappa shape index (κ2) is 28.3. The lowest BCUT2D eigenvalue weighted by molar-refractivity contribution is -0.384. The highest BCUT2D eigenvalue weighted by Gasteiger charge is 2.52. The summed E-state index contributed by atoms with van der Waals surface area (Å²) in [4.78, 5) is 53.4. The lowest BCUT2D eigenvalue weighted by Crippen LogP contribution is -2.65. The summed E-state index contributed by atoms with van der Waals surface area (Å²) in [6.45, 7) is -0.963. The highest BCUT2D eigenvalue weighted by Crippen LogP contribution is 2.31. The molecule has 436 valence electrons. The first-order chi connectivity index (χ1) is 37.1. The number of amides is 3. The Morgan fingerprint density at radius 1 is 0.603 bits per heavy atom. The van der Waals surface area contributed by atoms with Crippen LogP contribution >= 0.6 is 0 Å². The SMILES string of the molecule is CCN(CCC(=O)NCCC(C(=O)NC[C@H]1O[C@@H](O[C@H]2[C@H](O)[C@@H](O)[C@H](O)O[C@@H]2CO)[C@H](O)[C@@H](O)[C@H]1O)C(=O)NC[C@H]1O[C@@H](O[C@H]2[C@H](O)[C@@H](O)C(O)O[C@@H]2CO)[C@H](O)[C@@H](O)[C@H]1O)c1ccc(N=Nc2ccc([N+](=O)[O-])cc2)cc1. The summed E-state index contributed by atoms with van der Waals surface area (Å²) in [5.41, 5.74) is 1.48. The molecule has 0 radical (unpaired) electrons. The molecule has 0 aromatic heterocycles. The normalized spacial score (nSPS) is 35.6. The fourth-order valence-corrected chi connectivity index (χ4v) is 8.84. The lowest BCUT2D eigenvalue weighted by atomic mass is 9.96. The Bertz CT molecular complexity index is 2210. The van der Waals surface area contributed by atoms with Gasteiger partial charge in [0.2, 0.25) is 17.7 Å². The van der Waals surface area contributed by atoms with E-state index in [4.69, 9.17) is 28.4 Å². The number of azo groups is 1. The maximum Gasteiger partial charge on any atom is 0.269 e. The molecule has 32 heteroatoms. The second-order valence-electron chi connectivity index (χ2n) is 18.7. The van der Waals surface area contributed by atoms with E-state index in [1.807, 2.05) is 11.8 Å². The first kappa shape index (κ1) is 62.1. The number of nitrogens with zero attached hydrogens (tertiary/aromatic N) is 4. The zero-order chi connectivity index (χ0) is 57.1. The van der Waals surface area contributed by atoms with Crippen LogP contribution in [0.1, 0.15) is 19.8 Å². The molecule has 4 aliphatic heterocycles. The molecule has 17 N–H and O–H groups in total. The predicted octanol–water partition coefficient (Wildman–Crippen LogP) is -7.17. The number of non-ortho nitro benzene ring substituents is 1. The Kier molecular flexibility index (Phi) is 22.5. The summed E-state index contributed by atoms with van der Waals surface area (Å²) in [5.74, 6) is -4.41. The number of benzene rings is 2. The van der Waals surface area contributed by atoms with Crippen LogP contribution in [0.4, 0.5) is 22.7 Å². The van der Waals surface area contributed by atoms with Crippen LogP contribution in [-0.2, 0) is 42.8 Å².